The van der Waals surface area contributed by atoms with Gasteiger partial charge in [-0.1, -0.05) is 0 Å². The third kappa shape index (κ3) is 1.47. The van der Waals surface area contributed by atoms with Gasteiger partial charge in [-0.05, 0) is 24.6 Å². The smallest absolute Gasteiger partial charge is 0.225 e. The Morgan fingerprint density at radius 1 is 1.46 bits per heavy atom. The van der Waals surface area contributed by atoms with Crippen molar-refractivity contribution in [2.75, 3.05) is 12.4 Å². The Bertz CT molecular complexity index is 452. The van der Waals surface area contributed by atoms with Crippen LogP contribution in [-0.2, 0) is 0 Å². The van der Waals surface area contributed by atoms with Crippen LogP contribution in [0, 0.1) is 6.92 Å². The molecule has 0 fully saturated rings. The Kier molecular flexibility index (Phi) is 2.09. The van der Waals surface area contributed by atoms with Crippen molar-refractivity contribution in [3.8, 4) is 0 Å². The number of nitrogens with one attached hydrogen (secondary N) is 1. The number of halogens is 1. The molecule has 2 aromatic heterocycles. The van der Waals surface area contributed by atoms with Gasteiger partial charge in [-0.15, -0.1) is 11.3 Å². The van der Waals surface area contributed by atoms with Crippen molar-refractivity contribution in [1.29, 1.82) is 0 Å². The Balaban J connectivity index is 2.80. The number of nitrogens with zero attached hydrogens (tertiary/aromatic N) is 2. The van der Waals surface area contributed by atoms with Gasteiger partial charge in [-0.2, -0.15) is 0 Å². The SMILES string of the molecule is CNc1nc(Cl)nc2sc(C)cc12. The number of rotatable bonds is 1. The van der Waals surface area contributed by atoms with E-state index in [9.17, 15) is 0 Å². The first-order valence-corrected chi connectivity index (χ1v) is 5.01. The maximum absolute atomic E-state index is 5.76. The summed E-state index contributed by atoms with van der Waals surface area (Å²) >= 11 is 7.38. The zero-order chi connectivity index (χ0) is 9.42. The van der Waals surface area contributed by atoms with Crippen molar-refractivity contribution in [2.45, 2.75) is 6.92 Å². The summed E-state index contributed by atoms with van der Waals surface area (Å²) in [5.74, 6) is 0.791. The monoisotopic (exact) mass is 213 g/mol. The van der Waals surface area contributed by atoms with Crippen LogP contribution in [0.3, 0.4) is 0 Å². The summed E-state index contributed by atoms with van der Waals surface area (Å²) in [6.07, 6.45) is 0. The van der Waals surface area contributed by atoms with Gasteiger partial charge in [0.2, 0.25) is 5.28 Å². The van der Waals surface area contributed by atoms with Crippen molar-refractivity contribution in [3.63, 3.8) is 0 Å². The van der Waals surface area contributed by atoms with Gasteiger partial charge < -0.3 is 5.32 Å². The topological polar surface area (TPSA) is 37.8 Å². The average molecular weight is 214 g/mol. The molecule has 0 aliphatic rings. The van der Waals surface area contributed by atoms with Crippen molar-refractivity contribution >= 4 is 39.0 Å². The molecule has 0 saturated carbocycles. The van der Waals surface area contributed by atoms with Gasteiger partial charge in [-0.25, -0.2) is 9.97 Å². The highest BCUT2D eigenvalue weighted by Gasteiger charge is 2.07. The number of fused-ring (bicyclic) bond motifs is 1. The van der Waals surface area contributed by atoms with Crippen LogP contribution in [0.25, 0.3) is 10.2 Å². The highest BCUT2D eigenvalue weighted by atomic mass is 35.5. The van der Waals surface area contributed by atoms with E-state index >= 15 is 0 Å². The van der Waals surface area contributed by atoms with Crippen LogP contribution >= 0.6 is 22.9 Å². The van der Waals surface area contributed by atoms with Crippen molar-refractivity contribution in [3.05, 3.63) is 16.2 Å². The molecule has 13 heavy (non-hydrogen) atoms. The summed E-state index contributed by atoms with van der Waals surface area (Å²) in [7, 11) is 1.82. The van der Waals surface area contributed by atoms with E-state index in [4.69, 9.17) is 11.6 Å². The first-order valence-electron chi connectivity index (χ1n) is 3.82. The number of hydrogen-bond donors (Lipinski definition) is 1. The first kappa shape index (κ1) is 8.72. The summed E-state index contributed by atoms with van der Waals surface area (Å²) < 4.78 is 0. The van der Waals surface area contributed by atoms with E-state index in [1.54, 1.807) is 11.3 Å². The van der Waals surface area contributed by atoms with Gasteiger partial charge in [0.25, 0.3) is 0 Å². The fourth-order valence-electron chi connectivity index (χ4n) is 1.21. The number of hydrogen-bond acceptors (Lipinski definition) is 4. The van der Waals surface area contributed by atoms with Gasteiger partial charge in [-0.3, -0.25) is 0 Å². The molecule has 0 aromatic carbocycles. The molecule has 2 rings (SSSR count). The summed E-state index contributed by atoms with van der Waals surface area (Å²) in [6, 6.07) is 2.06. The summed E-state index contributed by atoms with van der Waals surface area (Å²) in [4.78, 5) is 10.4. The van der Waals surface area contributed by atoms with Crippen molar-refractivity contribution in [2.24, 2.45) is 0 Å². The van der Waals surface area contributed by atoms with Gasteiger partial charge in [0.1, 0.15) is 10.6 Å². The molecule has 68 valence electrons. The Hall–Kier alpha value is -0.870. The molecule has 1 N–H and O–H groups in total. The molecule has 0 atom stereocenters. The Morgan fingerprint density at radius 2 is 2.23 bits per heavy atom. The molecule has 0 saturated heterocycles. The quantitative estimate of drug-likeness (QED) is 0.741. The second-order valence-corrected chi connectivity index (χ2v) is 4.24. The van der Waals surface area contributed by atoms with Crippen LogP contribution in [0.15, 0.2) is 6.07 Å². The third-order valence-electron chi connectivity index (χ3n) is 1.73. The minimum absolute atomic E-state index is 0.290. The van der Waals surface area contributed by atoms with E-state index in [0.29, 0.717) is 5.28 Å². The van der Waals surface area contributed by atoms with Gasteiger partial charge in [0.05, 0.1) is 5.39 Å². The fourth-order valence-corrected chi connectivity index (χ4v) is 2.31. The Labute approximate surface area is 84.8 Å². The van der Waals surface area contributed by atoms with Gasteiger partial charge in [0.15, 0.2) is 0 Å². The normalized spacial score (nSPS) is 10.7. The lowest BCUT2D eigenvalue weighted by atomic mass is 10.3. The lowest BCUT2D eigenvalue weighted by Crippen LogP contribution is -1.94. The molecule has 2 heterocycles. The zero-order valence-electron chi connectivity index (χ0n) is 7.26. The second-order valence-electron chi connectivity index (χ2n) is 2.67. The lowest BCUT2D eigenvalue weighted by molar-refractivity contribution is 1.22. The van der Waals surface area contributed by atoms with Crippen LogP contribution in [0.5, 0.6) is 0 Å². The van der Waals surface area contributed by atoms with Crippen LogP contribution in [-0.4, -0.2) is 17.0 Å². The second kappa shape index (κ2) is 3.12. The molecule has 0 unspecified atom stereocenters. The molecule has 5 heteroatoms. The summed E-state index contributed by atoms with van der Waals surface area (Å²) in [6.45, 7) is 2.04. The minimum Gasteiger partial charge on any atom is -0.372 e. The average Bonchev–Trinajstić information content (AvgIpc) is 2.43. The number of aryl methyl sites for hydroxylation is 1. The van der Waals surface area contributed by atoms with Gasteiger partial charge in [0, 0.05) is 11.9 Å². The highest BCUT2D eigenvalue weighted by Crippen LogP contribution is 2.28. The molecule has 0 spiro atoms. The maximum Gasteiger partial charge on any atom is 0.225 e. The maximum atomic E-state index is 5.76. The zero-order valence-corrected chi connectivity index (χ0v) is 8.83. The fraction of sp³-hybridized carbons (Fsp3) is 0.250. The first-order chi connectivity index (χ1) is 6.20. The number of anilines is 1. The van der Waals surface area contributed by atoms with E-state index in [0.717, 1.165) is 16.0 Å². The van der Waals surface area contributed by atoms with Crippen LogP contribution in [0.2, 0.25) is 5.28 Å². The standard InChI is InChI=1S/C8H8ClN3S/c1-4-3-5-6(10-2)11-8(9)12-7(5)13-4/h3H,1-2H3,(H,10,11,12). The van der Waals surface area contributed by atoms with Crippen LogP contribution < -0.4 is 5.32 Å². The number of aromatic nitrogens is 2. The van der Waals surface area contributed by atoms with Crippen LogP contribution in [0.1, 0.15) is 4.88 Å². The van der Waals surface area contributed by atoms with Crippen molar-refractivity contribution < 1.29 is 0 Å². The van der Waals surface area contributed by atoms with E-state index < -0.39 is 0 Å². The Morgan fingerprint density at radius 3 is 2.92 bits per heavy atom. The predicted molar refractivity (Wildman–Crippen MR) is 56.7 cm³/mol. The molecule has 0 aliphatic heterocycles. The molecule has 0 radical (unpaired) electrons. The minimum atomic E-state index is 0.290. The largest absolute Gasteiger partial charge is 0.372 e. The van der Waals surface area contributed by atoms with E-state index in [2.05, 4.69) is 21.4 Å². The van der Waals surface area contributed by atoms with Gasteiger partial charge >= 0.3 is 0 Å². The van der Waals surface area contributed by atoms with Crippen LogP contribution in [0.4, 0.5) is 5.82 Å². The summed E-state index contributed by atoms with van der Waals surface area (Å²) in [5, 5.41) is 4.32. The molecular formula is C8H8ClN3S. The molecular weight excluding hydrogens is 206 g/mol. The molecule has 3 nitrogen and oxygen atoms in total. The highest BCUT2D eigenvalue weighted by molar-refractivity contribution is 7.18. The van der Waals surface area contributed by atoms with E-state index in [1.165, 1.54) is 4.88 Å². The molecule has 2 aromatic rings. The number of thiophene rings is 1. The third-order valence-corrected chi connectivity index (χ3v) is 2.84. The van der Waals surface area contributed by atoms with E-state index in [1.807, 2.05) is 14.0 Å². The summed E-state index contributed by atoms with van der Waals surface area (Å²) in [5.41, 5.74) is 0. The predicted octanol–water partition coefficient (Wildman–Crippen LogP) is 2.69. The molecule has 0 bridgehead atoms. The van der Waals surface area contributed by atoms with Crippen molar-refractivity contribution in [1.82, 2.24) is 9.97 Å². The lowest BCUT2D eigenvalue weighted by Gasteiger charge is -1.99. The molecule has 0 amide bonds. The molecule has 0 aliphatic carbocycles. The van der Waals surface area contributed by atoms with E-state index in [-0.39, 0.29) is 0 Å².